The molecule has 0 heterocycles. The Kier molecular flexibility index (Phi) is 4.72. The van der Waals surface area contributed by atoms with Crippen LogP contribution >= 0.6 is 15.9 Å². The lowest BCUT2D eigenvalue weighted by molar-refractivity contribution is 0.204. The molecule has 0 aliphatic rings. The van der Waals surface area contributed by atoms with Crippen molar-refractivity contribution in [2.75, 3.05) is 6.54 Å². The monoisotopic (exact) mass is 334 g/mol. The Morgan fingerprint density at radius 1 is 1.30 bits per heavy atom. The lowest BCUT2D eigenvalue weighted by Gasteiger charge is -2.18. The second-order valence-corrected chi connectivity index (χ2v) is 5.07. The molecule has 0 aliphatic heterocycles. The predicted octanol–water partition coefficient (Wildman–Crippen LogP) is 3.54. The Labute approximate surface area is 124 Å². The Morgan fingerprint density at radius 3 is 2.70 bits per heavy atom. The fourth-order valence-electron chi connectivity index (χ4n) is 1.78. The van der Waals surface area contributed by atoms with Crippen LogP contribution in [-0.4, -0.2) is 6.54 Å². The molecule has 0 bridgehead atoms. The number of nitrogens with two attached hydrogens (primary N) is 1. The van der Waals surface area contributed by atoms with E-state index in [1.165, 1.54) is 12.1 Å². The second kappa shape index (κ2) is 6.51. The number of hydrogen-bond acceptors (Lipinski definition) is 3. The van der Waals surface area contributed by atoms with Gasteiger partial charge in [0.25, 0.3) is 0 Å². The molecule has 2 N–H and O–H groups in total. The fraction of sp³-hybridized carbons (Fsp3) is 0.133. The predicted molar refractivity (Wildman–Crippen MR) is 77.7 cm³/mol. The highest BCUT2D eigenvalue weighted by molar-refractivity contribution is 9.10. The molecule has 0 amide bonds. The highest BCUT2D eigenvalue weighted by Crippen LogP contribution is 2.26. The summed E-state index contributed by atoms with van der Waals surface area (Å²) in [5, 5.41) is 8.71. The molecule has 0 saturated carbocycles. The van der Waals surface area contributed by atoms with E-state index in [0.717, 1.165) is 16.1 Å². The van der Waals surface area contributed by atoms with Gasteiger partial charge >= 0.3 is 0 Å². The van der Waals surface area contributed by atoms with Crippen LogP contribution in [-0.2, 0) is 0 Å². The third-order valence-electron chi connectivity index (χ3n) is 2.76. The zero-order chi connectivity index (χ0) is 14.5. The summed E-state index contributed by atoms with van der Waals surface area (Å²) in [6, 6.07) is 13.5. The first-order valence-corrected chi connectivity index (χ1v) is 6.75. The minimum atomic E-state index is -0.572. The smallest absolute Gasteiger partial charge is 0.166 e. The van der Waals surface area contributed by atoms with Crippen LogP contribution in [0.4, 0.5) is 4.39 Å². The standard InChI is InChI=1S/C15H12BrFN2O/c16-12-3-1-2-11(7-12)15(9-19)20-14-5-4-10(8-18)6-13(14)17/h1-7,15H,9,19H2. The lowest BCUT2D eigenvalue weighted by atomic mass is 10.1. The highest BCUT2D eigenvalue weighted by atomic mass is 79.9. The van der Waals surface area contributed by atoms with Crippen molar-refractivity contribution in [1.82, 2.24) is 0 Å². The van der Waals surface area contributed by atoms with Crippen molar-refractivity contribution in [2.24, 2.45) is 5.73 Å². The van der Waals surface area contributed by atoms with Crippen molar-refractivity contribution in [3.05, 3.63) is 63.9 Å². The zero-order valence-corrected chi connectivity index (χ0v) is 12.1. The van der Waals surface area contributed by atoms with Gasteiger partial charge in [-0.25, -0.2) is 4.39 Å². The van der Waals surface area contributed by atoms with Crippen LogP contribution in [0.15, 0.2) is 46.9 Å². The van der Waals surface area contributed by atoms with Crippen molar-refractivity contribution in [1.29, 1.82) is 5.26 Å². The molecule has 2 aromatic rings. The maximum Gasteiger partial charge on any atom is 0.166 e. The molecular formula is C15H12BrFN2O. The largest absolute Gasteiger partial charge is 0.481 e. The molecular weight excluding hydrogens is 323 g/mol. The molecule has 3 nitrogen and oxygen atoms in total. The van der Waals surface area contributed by atoms with Crippen LogP contribution in [0.25, 0.3) is 0 Å². The Morgan fingerprint density at radius 2 is 2.10 bits per heavy atom. The molecule has 2 rings (SSSR count). The average Bonchev–Trinajstić information content (AvgIpc) is 2.46. The summed E-state index contributed by atoms with van der Waals surface area (Å²) in [7, 11) is 0. The summed E-state index contributed by atoms with van der Waals surface area (Å²) < 4.78 is 20.3. The molecule has 102 valence electrons. The van der Waals surface area contributed by atoms with Gasteiger partial charge in [0.05, 0.1) is 11.6 Å². The maximum atomic E-state index is 13.8. The molecule has 0 radical (unpaired) electrons. The van der Waals surface area contributed by atoms with Gasteiger partial charge in [0, 0.05) is 11.0 Å². The highest BCUT2D eigenvalue weighted by Gasteiger charge is 2.14. The van der Waals surface area contributed by atoms with Gasteiger partial charge in [0.2, 0.25) is 0 Å². The summed E-state index contributed by atoms with van der Waals surface area (Å²) in [6.45, 7) is 0.218. The van der Waals surface area contributed by atoms with Gasteiger partial charge in [-0.15, -0.1) is 0 Å². The van der Waals surface area contributed by atoms with Gasteiger partial charge in [-0.3, -0.25) is 0 Å². The van der Waals surface area contributed by atoms with Crippen LogP contribution in [0, 0.1) is 17.1 Å². The number of nitriles is 1. The van der Waals surface area contributed by atoms with Crippen LogP contribution in [0.5, 0.6) is 5.75 Å². The molecule has 1 atom stereocenters. The van der Waals surface area contributed by atoms with Crippen LogP contribution in [0.3, 0.4) is 0 Å². The SMILES string of the molecule is N#Cc1ccc(OC(CN)c2cccc(Br)c2)c(F)c1. The van der Waals surface area contributed by atoms with Crippen molar-refractivity contribution in [3.63, 3.8) is 0 Å². The summed E-state index contributed by atoms with van der Waals surface area (Å²) in [4.78, 5) is 0. The Bertz CT molecular complexity index is 655. The van der Waals surface area contributed by atoms with E-state index >= 15 is 0 Å². The van der Waals surface area contributed by atoms with Crippen LogP contribution < -0.4 is 10.5 Å². The van der Waals surface area contributed by atoms with Crippen molar-refractivity contribution in [2.45, 2.75) is 6.10 Å². The topological polar surface area (TPSA) is 59.0 Å². The summed E-state index contributed by atoms with van der Waals surface area (Å²) in [6.07, 6.45) is -0.449. The molecule has 0 spiro atoms. The number of benzene rings is 2. The normalized spacial score (nSPS) is 11.7. The summed E-state index contributed by atoms with van der Waals surface area (Å²) >= 11 is 3.37. The third kappa shape index (κ3) is 3.35. The lowest BCUT2D eigenvalue weighted by Crippen LogP contribution is -2.19. The first-order valence-electron chi connectivity index (χ1n) is 5.96. The van der Waals surface area contributed by atoms with E-state index in [0.29, 0.717) is 0 Å². The molecule has 20 heavy (non-hydrogen) atoms. The third-order valence-corrected chi connectivity index (χ3v) is 3.26. The Hall–Kier alpha value is -1.90. The van der Waals surface area contributed by atoms with E-state index in [-0.39, 0.29) is 17.9 Å². The number of rotatable bonds is 4. The van der Waals surface area contributed by atoms with Gasteiger partial charge in [0.15, 0.2) is 11.6 Å². The van der Waals surface area contributed by atoms with E-state index in [2.05, 4.69) is 15.9 Å². The molecule has 0 aromatic heterocycles. The van der Waals surface area contributed by atoms with Gasteiger partial charge < -0.3 is 10.5 Å². The minimum absolute atomic E-state index is 0.0828. The zero-order valence-electron chi connectivity index (χ0n) is 10.5. The van der Waals surface area contributed by atoms with E-state index in [1.54, 1.807) is 0 Å². The Balaban J connectivity index is 2.25. The van der Waals surface area contributed by atoms with Gasteiger partial charge in [0.1, 0.15) is 6.10 Å². The van der Waals surface area contributed by atoms with Gasteiger partial charge in [-0.2, -0.15) is 5.26 Å². The first-order chi connectivity index (χ1) is 9.63. The maximum absolute atomic E-state index is 13.8. The first kappa shape index (κ1) is 14.5. The molecule has 5 heteroatoms. The minimum Gasteiger partial charge on any atom is -0.481 e. The molecule has 0 saturated heterocycles. The molecule has 0 fully saturated rings. The number of ether oxygens (including phenoxy) is 1. The van der Waals surface area contributed by atoms with Crippen molar-refractivity contribution in [3.8, 4) is 11.8 Å². The van der Waals surface area contributed by atoms with Crippen LogP contribution in [0.1, 0.15) is 17.2 Å². The van der Waals surface area contributed by atoms with Gasteiger partial charge in [-0.1, -0.05) is 28.1 Å². The van der Waals surface area contributed by atoms with E-state index in [4.69, 9.17) is 15.7 Å². The average molecular weight is 335 g/mol. The van der Waals surface area contributed by atoms with Gasteiger partial charge in [-0.05, 0) is 35.9 Å². The van der Waals surface area contributed by atoms with Crippen molar-refractivity contribution < 1.29 is 9.13 Å². The quantitative estimate of drug-likeness (QED) is 0.930. The van der Waals surface area contributed by atoms with E-state index < -0.39 is 11.9 Å². The fourth-order valence-corrected chi connectivity index (χ4v) is 2.20. The van der Waals surface area contributed by atoms with Crippen LogP contribution in [0.2, 0.25) is 0 Å². The van der Waals surface area contributed by atoms with E-state index in [1.807, 2.05) is 30.3 Å². The molecule has 1 unspecified atom stereocenters. The number of hydrogen-bond donors (Lipinski definition) is 1. The molecule has 0 aliphatic carbocycles. The number of nitrogens with zero attached hydrogens (tertiary/aromatic N) is 1. The van der Waals surface area contributed by atoms with E-state index in [9.17, 15) is 4.39 Å². The number of halogens is 2. The summed E-state index contributed by atoms with van der Waals surface area (Å²) in [5.41, 5.74) is 6.80. The second-order valence-electron chi connectivity index (χ2n) is 4.15. The summed E-state index contributed by atoms with van der Waals surface area (Å²) in [5.74, 6) is -0.489. The molecule has 2 aromatic carbocycles. The van der Waals surface area contributed by atoms with Crippen molar-refractivity contribution >= 4 is 15.9 Å².